The molecule has 6 nitrogen and oxygen atoms in total. The van der Waals surface area contributed by atoms with Gasteiger partial charge in [0, 0.05) is 41.0 Å². The van der Waals surface area contributed by atoms with Gasteiger partial charge in [0.1, 0.15) is 0 Å². The summed E-state index contributed by atoms with van der Waals surface area (Å²) in [5, 5.41) is 17.1. The molecule has 43 heavy (non-hydrogen) atoms. The van der Waals surface area contributed by atoms with Gasteiger partial charge < -0.3 is 15.2 Å². The monoisotopic (exact) mass is 644 g/mol. The van der Waals surface area contributed by atoms with Gasteiger partial charge in [-0.2, -0.15) is 0 Å². The maximum Gasteiger partial charge on any atom is 0.306 e. The summed E-state index contributed by atoms with van der Waals surface area (Å²) in [4.78, 5) is 26.1. The standard InChI is InChI=1S/C34H39Cl3N2O4/c1-2-43-32(41)19-18-31(40)38-21-4-3-5-22-39-23-20-33(42,25-6-12-28(35)13-7-25)24-34(39,26-8-14-29(36)15-9-26)27-10-16-30(37)17-11-27/h6-17,42H,2-5,18-24H2,1H3,(H,38,40). The molecule has 0 saturated carbocycles. The second-order valence-corrected chi connectivity index (χ2v) is 12.4. The van der Waals surface area contributed by atoms with E-state index < -0.39 is 11.1 Å². The fourth-order valence-corrected chi connectivity index (χ4v) is 6.38. The second-order valence-electron chi connectivity index (χ2n) is 11.0. The van der Waals surface area contributed by atoms with Crippen LogP contribution in [0.25, 0.3) is 0 Å². The molecule has 4 rings (SSSR count). The molecule has 3 aromatic rings. The summed E-state index contributed by atoms with van der Waals surface area (Å²) in [6.45, 7) is 4.07. The Hall–Kier alpha value is -2.61. The molecule has 9 heteroatoms. The molecule has 230 valence electrons. The molecule has 0 aromatic heterocycles. The molecule has 1 heterocycles. The third-order valence-corrected chi connectivity index (χ3v) is 8.95. The number of halogens is 3. The lowest BCUT2D eigenvalue weighted by Crippen LogP contribution is -2.57. The van der Waals surface area contributed by atoms with Crippen molar-refractivity contribution in [2.45, 2.75) is 63.0 Å². The Morgan fingerprint density at radius 1 is 0.814 bits per heavy atom. The third kappa shape index (κ3) is 8.52. The number of likely N-dealkylation sites (tertiary alicyclic amines) is 1. The van der Waals surface area contributed by atoms with Crippen molar-refractivity contribution in [3.63, 3.8) is 0 Å². The Morgan fingerprint density at radius 2 is 1.35 bits per heavy atom. The van der Waals surface area contributed by atoms with Crippen LogP contribution in [0.1, 0.15) is 68.6 Å². The van der Waals surface area contributed by atoms with E-state index in [1.54, 1.807) is 6.92 Å². The number of aliphatic hydroxyl groups is 1. The number of nitrogens with one attached hydrogen (secondary N) is 1. The highest BCUT2D eigenvalue weighted by molar-refractivity contribution is 6.31. The van der Waals surface area contributed by atoms with Gasteiger partial charge in [-0.25, -0.2) is 0 Å². The van der Waals surface area contributed by atoms with Gasteiger partial charge >= 0.3 is 5.97 Å². The number of hydrogen-bond donors (Lipinski definition) is 2. The summed E-state index contributed by atoms with van der Waals surface area (Å²) in [6, 6.07) is 23.2. The highest BCUT2D eigenvalue weighted by Crippen LogP contribution is 2.50. The van der Waals surface area contributed by atoms with Gasteiger partial charge in [-0.3, -0.25) is 14.5 Å². The van der Waals surface area contributed by atoms with Crippen molar-refractivity contribution < 1.29 is 19.4 Å². The van der Waals surface area contributed by atoms with Crippen LogP contribution in [0.15, 0.2) is 72.8 Å². The van der Waals surface area contributed by atoms with E-state index in [0.29, 0.717) is 47.6 Å². The summed E-state index contributed by atoms with van der Waals surface area (Å²) >= 11 is 18.8. The van der Waals surface area contributed by atoms with Crippen molar-refractivity contribution in [2.75, 3.05) is 26.2 Å². The minimum atomic E-state index is -1.09. The minimum Gasteiger partial charge on any atom is -0.466 e. The lowest BCUT2D eigenvalue weighted by Gasteiger charge is -2.54. The van der Waals surface area contributed by atoms with Gasteiger partial charge in [-0.05, 0) is 85.8 Å². The zero-order valence-electron chi connectivity index (χ0n) is 24.5. The average Bonchev–Trinajstić information content (AvgIpc) is 2.99. The van der Waals surface area contributed by atoms with Crippen LogP contribution in [0.3, 0.4) is 0 Å². The zero-order valence-corrected chi connectivity index (χ0v) is 26.7. The number of carbonyl (C=O) groups excluding carboxylic acids is 2. The Labute approximate surface area is 269 Å². The molecule has 1 unspecified atom stereocenters. The van der Waals surface area contributed by atoms with Crippen LogP contribution >= 0.6 is 34.8 Å². The predicted octanol–water partition coefficient (Wildman–Crippen LogP) is 7.50. The Bertz CT molecular complexity index is 1300. The molecule has 1 atom stereocenters. The number of ether oxygens (including phenoxy) is 1. The zero-order chi connectivity index (χ0) is 30.9. The van der Waals surface area contributed by atoms with Crippen LogP contribution < -0.4 is 5.32 Å². The van der Waals surface area contributed by atoms with Crippen LogP contribution in [0.2, 0.25) is 15.1 Å². The average molecular weight is 646 g/mol. The molecule has 1 amide bonds. The summed E-state index contributed by atoms with van der Waals surface area (Å²) in [5.74, 6) is -0.498. The van der Waals surface area contributed by atoms with E-state index in [0.717, 1.165) is 42.5 Å². The predicted molar refractivity (Wildman–Crippen MR) is 173 cm³/mol. The first kappa shape index (κ1) is 33.3. The first-order chi connectivity index (χ1) is 20.7. The molecule has 1 fully saturated rings. The molecule has 1 aliphatic heterocycles. The van der Waals surface area contributed by atoms with Crippen LogP contribution in [-0.4, -0.2) is 48.1 Å². The maximum atomic E-state index is 12.2. The first-order valence-corrected chi connectivity index (χ1v) is 16.0. The van der Waals surface area contributed by atoms with E-state index >= 15 is 0 Å². The van der Waals surface area contributed by atoms with Crippen molar-refractivity contribution in [3.05, 3.63) is 105 Å². The highest BCUT2D eigenvalue weighted by Gasteiger charge is 2.51. The van der Waals surface area contributed by atoms with Crippen LogP contribution in [-0.2, 0) is 25.5 Å². The molecule has 0 aliphatic carbocycles. The SMILES string of the molecule is CCOC(=O)CCC(=O)NCCCCCN1CCC(O)(c2ccc(Cl)cc2)CC1(c1ccc(Cl)cc1)c1ccc(Cl)cc1. The van der Waals surface area contributed by atoms with E-state index in [1.165, 1.54) is 0 Å². The molecular weight excluding hydrogens is 607 g/mol. The number of carbonyl (C=O) groups is 2. The fourth-order valence-electron chi connectivity index (χ4n) is 6.00. The number of unbranched alkanes of at least 4 members (excludes halogenated alkanes) is 2. The molecule has 1 saturated heterocycles. The van der Waals surface area contributed by atoms with Crippen molar-refractivity contribution in [2.24, 2.45) is 0 Å². The number of hydrogen-bond acceptors (Lipinski definition) is 5. The largest absolute Gasteiger partial charge is 0.466 e. The van der Waals surface area contributed by atoms with Crippen molar-refractivity contribution in [3.8, 4) is 0 Å². The Morgan fingerprint density at radius 3 is 1.88 bits per heavy atom. The lowest BCUT2D eigenvalue weighted by molar-refractivity contribution is -0.144. The third-order valence-electron chi connectivity index (χ3n) is 8.20. The van der Waals surface area contributed by atoms with E-state index in [4.69, 9.17) is 39.5 Å². The topological polar surface area (TPSA) is 78.9 Å². The normalized spacial score (nSPS) is 18.3. The van der Waals surface area contributed by atoms with Gasteiger partial charge in [-0.1, -0.05) is 77.6 Å². The summed E-state index contributed by atoms with van der Waals surface area (Å²) in [6.07, 6.45) is 3.86. The van der Waals surface area contributed by atoms with Crippen LogP contribution in [0.5, 0.6) is 0 Å². The number of nitrogens with zero attached hydrogens (tertiary/aromatic N) is 1. The molecule has 0 radical (unpaired) electrons. The second kappa shape index (κ2) is 15.4. The number of esters is 1. The van der Waals surface area contributed by atoms with E-state index in [2.05, 4.69) is 10.2 Å². The van der Waals surface area contributed by atoms with Crippen molar-refractivity contribution >= 4 is 46.7 Å². The molecule has 2 N–H and O–H groups in total. The van der Waals surface area contributed by atoms with Gasteiger partial charge in [0.15, 0.2) is 0 Å². The van der Waals surface area contributed by atoms with Gasteiger partial charge in [0.05, 0.1) is 24.2 Å². The number of rotatable bonds is 13. The van der Waals surface area contributed by atoms with Gasteiger partial charge in [-0.15, -0.1) is 0 Å². The van der Waals surface area contributed by atoms with Crippen LogP contribution in [0.4, 0.5) is 0 Å². The van der Waals surface area contributed by atoms with Gasteiger partial charge in [0.2, 0.25) is 5.91 Å². The quantitative estimate of drug-likeness (QED) is 0.149. The number of amides is 1. The first-order valence-electron chi connectivity index (χ1n) is 14.8. The summed E-state index contributed by atoms with van der Waals surface area (Å²) in [7, 11) is 0. The van der Waals surface area contributed by atoms with E-state index in [-0.39, 0.29) is 24.7 Å². The smallest absolute Gasteiger partial charge is 0.306 e. The molecule has 0 bridgehead atoms. The Balaban J connectivity index is 1.52. The summed E-state index contributed by atoms with van der Waals surface area (Å²) in [5.41, 5.74) is 1.18. The molecular formula is C34H39Cl3N2O4. The number of benzene rings is 3. The minimum absolute atomic E-state index is 0.0917. The van der Waals surface area contributed by atoms with Crippen molar-refractivity contribution in [1.29, 1.82) is 0 Å². The summed E-state index contributed by atoms with van der Waals surface area (Å²) < 4.78 is 4.88. The van der Waals surface area contributed by atoms with Crippen molar-refractivity contribution in [1.82, 2.24) is 10.2 Å². The number of piperidine rings is 1. The van der Waals surface area contributed by atoms with E-state index in [1.807, 2.05) is 72.8 Å². The molecule has 0 spiro atoms. The van der Waals surface area contributed by atoms with E-state index in [9.17, 15) is 14.7 Å². The molecule has 1 aliphatic rings. The maximum absolute atomic E-state index is 12.2. The van der Waals surface area contributed by atoms with Gasteiger partial charge in [0.25, 0.3) is 0 Å². The van der Waals surface area contributed by atoms with Crippen LogP contribution in [0, 0.1) is 0 Å². The lowest BCUT2D eigenvalue weighted by atomic mass is 9.67. The Kier molecular flexibility index (Phi) is 11.9. The highest BCUT2D eigenvalue weighted by atomic mass is 35.5. The molecule has 3 aromatic carbocycles. The fraction of sp³-hybridized carbons (Fsp3) is 0.412.